The Morgan fingerprint density at radius 3 is 2.00 bits per heavy atom. The van der Waals surface area contributed by atoms with Gasteiger partial charge in [-0.25, -0.2) is 4.98 Å². The molecule has 8 heteroatoms. The van der Waals surface area contributed by atoms with E-state index >= 15 is 0 Å². The zero-order chi connectivity index (χ0) is 29.8. The van der Waals surface area contributed by atoms with E-state index in [1.165, 1.54) is 11.1 Å². The van der Waals surface area contributed by atoms with Crippen LogP contribution in [0.25, 0.3) is 5.65 Å². The average molecular weight is 595 g/mol. The van der Waals surface area contributed by atoms with Gasteiger partial charge in [0.05, 0.1) is 31.0 Å². The summed E-state index contributed by atoms with van der Waals surface area (Å²) in [7, 11) is 3.26. The van der Waals surface area contributed by atoms with Crippen LogP contribution in [0.4, 0.5) is 0 Å². The minimum absolute atomic E-state index is 0.0967. The lowest BCUT2D eigenvalue weighted by Gasteiger charge is -2.40. The Morgan fingerprint density at radius 2 is 1.42 bits per heavy atom. The van der Waals surface area contributed by atoms with E-state index in [0.717, 1.165) is 30.0 Å². The molecular weight excluding hydrogens is 560 g/mol. The van der Waals surface area contributed by atoms with Crippen molar-refractivity contribution in [2.24, 2.45) is 0 Å². The highest BCUT2D eigenvalue weighted by molar-refractivity contribution is 6.30. The molecule has 1 unspecified atom stereocenters. The van der Waals surface area contributed by atoms with Crippen molar-refractivity contribution >= 4 is 23.2 Å². The van der Waals surface area contributed by atoms with E-state index in [0.29, 0.717) is 29.6 Å². The van der Waals surface area contributed by atoms with Crippen LogP contribution in [0.15, 0.2) is 103 Å². The number of amides is 1. The second-order valence-corrected chi connectivity index (χ2v) is 11.2. The number of carbonyl (C=O) groups excluding carboxylic acids is 1. The molecule has 0 bridgehead atoms. The number of methoxy groups -OCH3 is 2. The number of hydrogen-bond acceptors (Lipinski definition) is 5. The Labute approximate surface area is 257 Å². The molecule has 1 fully saturated rings. The van der Waals surface area contributed by atoms with Gasteiger partial charge in [0.2, 0.25) is 5.91 Å². The van der Waals surface area contributed by atoms with Crippen LogP contribution in [0.1, 0.15) is 40.8 Å². The molecule has 1 aliphatic rings. The lowest BCUT2D eigenvalue weighted by Crippen LogP contribution is -2.50. The van der Waals surface area contributed by atoms with Crippen molar-refractivity contribution < 1.29 is 14.3 Å². The summed E-state index contributed by atoms with van der Waals surface area (Å²) in [4.78, 5) is 23.1. The molecule has 0 aliphatic carbocycles. The van der Waals surface area contributed by atoms with Crippen molar-refractivity contribution in [2.45, 2.75) is 18.4 Å². The summed E-state index contributed by atoms with van der Waals surface area (Å²) in [5, 5.41) is 0.600. The Morgan fingerprint density at radius 1 is 0.814 bits per heavy atom. The van der Waals surface area contributed by atoms with Gasteiger partial charge < -0.3 is 18.8 Å². The molecule has 3 heterocycles. The van der Waals surface area contributed by atoms with Gasteiger partial charge in [-0.05, 0) is 41.0 Å². The van der Waals surface area contributed by atoms with Gasteiger partial charge in [-0.2, -0.15) is 0 Å². The van der Waals surface area contributed by atoms with Gasteiger partial charge in [-0.1, -0.05) is 72.3 Å². The molecule has 1 atom stereocenters. The Kier molecular flexibility index (Phi) is 8.63. The molecule has 0 saturated carbocycles. The number of nitrogens with zero attached hydrogens (tertiary/aromatic N) is 4. The van der Waals surface area contributed by atoms with Gasteiger partial charge in [0.15, 0.2) is 0 Å². The number of fused-ring (bicyclic) bond motifs is 1. The summed E-state index contributed by atoms with van der Waals surface area (Å²) in [5.74, 6) is 1.14. The minimum atomic E-state index is -0.288. The number of carbonyl (C=O) groups is 1. The van der Waals surface area contributed by atoms with Gasteiger partial charge in [0, 0.05) is 57.0 Å². The summed E-state index contributed by atoms with van der Waals surface area (Å²) >= 11 is 6.38. The van der Waals surface area contributed by atoms with Crippen LogP contribution in [0.2, 0.25) is 5.02 Å². The molecule has 1 aliphatic heterocycles. The molecule has 0 radical (unpaired) electrons. The molecule has 2 aromatic heterocycles. The first-order valence-corrected chi connectivity index (χ1v) is 14.9. The monoisotopic (exact) mass is 594 g/mol. The number of halogens is 1. The molecule has 0 spiro atoms. The molecule has 7 nitrogen and oxygen atoms in total. The average Bonchev–Trinajstić information content (AvgIpc) is 3.47. The van der Waals surface area contributed by atoms with Crippen LogP contribution in [0.5, 0.6) is 11.5 Å². The first-order valence-electron chi connectivity index (χ1n) is 14.5. The van der Waals surface area contributed by atoms with Crippen LogP contribution in [0, 0.1) is 0 Å². The summed E-state index contributed by atoms with van der Waals surface area (Å²) in [6.45, 7) is 2.87. The molecule has 6 rings (SSSR count). The number of rotatable bonds is 9. The van der Waals surface area contributed by atoms with E-state index in [4.69, 9.17) is 21.1 Å². The number of aromatic nitrogens is 2. The van der Waals surface area contributed by atoms with Crippen molar-refractivity contribution in [3.63, 3.8) is 0 Å². The zero-order valence-electron chi connectivity index (χ0n) is 24.4. The summed E-state index contributed by atoms with van der Waals surface area (Å²) in [6.07, 6.45) is 3.95. The molecule has 43 heavy (non-hydrogen) atoms. The Hall–Kier alpha value is -4.33. The number of hydrogen-bond donors (Lipinski definition) is 0. The molecule has 1 saturated heterocycles. The Balaban J connectivity index is 1.26. The molecule has 1 amide bonds. The van der Waals surface area contributed by atoms with Crippen molar-refractivity contribution in [1.29, 1.82) is 0 Å². The van der Waals surface area contributed by atoms with Crippen molar-refractivity contribution in [1.82, 2.24) is 19.2 Å². The predicted octanol–water partition coefficient (Wildman–Crippen LogP) is 6.46. The second-order valence-electron chi connectivity index (χ2n) is 10.8. The number of piperazine rings is 1. The highest BCUT2D eigenvalue weighted by Crippen LogP contribution is 2.35. The van der Waals surface area contributed by atoms with Crippen molar-refractivity contribution in [2.75, 3.05) is 40.4 Å². The first-order chi connectivity index (χ1) is 21.0. The van der Waals surface area contributed by atoms with Crippen LogP contribution in [-0.4, -0.2) is 65.5 Å². The smallest absolute Gasteiger partial charge is 0.223 e. The van der Waals surface area contributed by atoms with E-state index in [2.05, 4.69) is 58.4 Å². The highest BCUT2D eigenvalue weighted by atomic mass is 35.5. The van der Waals surface area contributed by atoms with Crippen LogP contribution in [0.3, 0.4) is 0 Å². The quantitative estimate of drug-likeness (QED) is 0.196. The maximum absolute atomic E-state index is 14.0. The number of pyridine rings is 1. The maximum atomic E-state index is 14.0. The van der Waals surface area contributed by atoms with Crippen molar-refractivity contribution in [3.8, 4) is 11.5 Å². The SMILES string of the molecule is COc1cc(OC)cc(C(CC(=O)N2CCN(C(c3ccccc3)c3ccccc3)CC2)c2cnc3ccc(Cl)cn23)c1. The van der Waals surface area contributed by atoms with Crippen LogP contribution in [-0.2, 0) is 4.79 Å². The van der Waals surface area contributed by atoms with E-state index < -0.39 is 0 Å². The van der Waals surface area contributed by atoms with Crippen LogP contribution < -0.4 is 9.47 Å². The third-order valence-electron chi connectivity index (χ3n) is 8.27. The summed E-state index contributed by atoms with van der Waals surface area (Å²) in [5.41, 5.74) is 5.08. The molecule has 0 N–H and O–H groups in total. The standard InChI is InChI=1S/C35H35ClN4O3/c1-42-29-19-27(20-30(21-29)43-2)31(32-23-37-33-14-13-28(36)24-40(32)33)22-34(41)38-15-17-39(18-16-38)35(25-9-5-3-6-10-25)26-11-7-4-8-12-26/h3-14,19-21,23-24,31,35H,15-18,22H2,1-2H3. The van der Waals surface area contributed by atoms with Gasteiger partial charge >= 0.3 is 0 Å². The van der Waals surface area contributed by atoms with E-state index in [1.54, 1.807) is 14.2 Å². The van der Waals surface area contributed by atoms with E-state index in [9.17, 15) is 4.79 Å². The lowest BCUT2D eigenvalue weighted by atomic mass is 9.91. The fourth-order valence-corrected chi connectivity index (χ4v) is 6.23. The third kappa shape index (κ3) is 6.24. The fraction of sp³-hybridized carbons (Fsp3) is 0.257. The molecular formula is C35H35ClN4O3. The second kappa shape index (κ2) is 12.9. The van der Waals surface area contributed by atoms with E-state index in [1.807, 2.05) is 64.2 Å². The van der Waals surface area contributed by atoms with Gasteiger partial charge in [-0.3, -0.25) is 9.69 Å². The molecule has 220 valence electrons. The van der Waals surface area contributed by atoms with Gasteiger partial charge in [0.25, 0.3) is 0 Å². The number of benzene rings is 3. The fourth-order valence-electron chi connectivity index (χ4n) is 6.07. The van der Waals surface area contributed by atoms with Gasteiger partial charge in [0.1, 0.15) is 17.1 Å². The Bertz CT molecular complexity index is 1620. The topological polar surface area (TPSA) is 59.3 Å². The number of imidazole rings is 1. The zero-order valence-corrected chi connectivity index (χ0v) is 25.2. The van der Waals surface area contributed by atoms with Gasteiger partial charge in [-0.15, -0.1) is 0 Å². The van der Waals surface area contributed by atoms with E-state index in [-0.39, 0.29) is 24.3 Å². The predicted molar refractivity (Wildman–Crippen MR) is 169 cm³/mol. The third-order valence-corrected chi connectivity index (χ3v) is 8.50. The van der Waals surface area contributed by atoms with Crippen molar-refractivity contribution in [3.05, 3.63) is 131 Å². The molecule has 5 aromatic rings. The normalized spacial score (nSPS) is 14.7. The summed E-state index contributed by atoms with van der Waals surface area (Å²) < 4.78 is 13.1. The minimum Gasteiger partial charge on any atom is -0.497 e. The highest BCUT2D eigenvalue weighted by Gasteiger charge is 2.31. The maximum Gasteiger partial charge on any atom is 0.223 e. The molecule has 3 aromatic carbocycles. The van der Waals surface area contributed by atoms with Crippen LogP contribution >= 0.6 is 11.6 Å². The lowest BCUT2D eigenvalue weighted by molar-refractivity contribution is -0.133. The largest absolute Gasteiger partial charge is 0.497 e. The summed E-state index contributed by atoms with van der Waals surface area (Å²) in [6, 6.07) is 30.8. The first kappa shape index (κ1) is 28.8. The number of ether oxygens (including phenoxy) is 2.